The van der Waals surface area contributed by atoms with E-state index in [2.05, 4.69) is 28.1 Å². The molecule has 0 spiro atoms. The molecule has 1 fully saturated rings. The Balaban J connectivity index is 1.66. The second kappa shape index (κ2) is 6.54. The lowest BCUT2D eigenvalue weighted by Crippen LogP contribution is -2.29. The van der Waals surface area contributed by atoms with Crippen LogP contribution < -0.4 is 10.6 Å². The number of nitrogen functional groups attached to an aromatic ring is 1. The van der Waals surface area contributed by atoms with Crippen LogP contribution in [-0.2, 0) is 0 Å². The molecule has 1 saturated heterocycles. The van der Waals surface area contributed by atoms with Gasteiger partial charge in [-0.2, -0.15) is 5.26 Å². The summed E-state index contributed by atoms with van der Waals surface area (Å²) >= 11 is 0. The van der Waals surface area contributed by atoms with E-state index < -0.39 is 0 Å². The van der Waals surface area contributed by atoms with Crippen LogP contribution in [0.2, 0.25) is 0 Å². The van der Waals surface area contributed by atoms with Crippen LogP contribution >= 0.6 is 0 Å². The second-order valence-corrected chi connectivity index (χ2v) is 7.16. The number of anilines is 2. The first kappa shape index (κ1) is 16.6. The van der Waals surface area contributed by atoms with Crippen molar-refractivity contribution in [2.75, 3.05) is 23.7 Å². The average molecular weight is 368 g/mol. The normalized spacial score (nSPS) is 14.5. The Morgan fingerprint density at radius 2 is 1.50 bits per heavy atom. The highest BCUT2D eigenvalue weighted by atomic mass is 15.1. The van der Waals surface area contributed by atoms with Crippen LogP contribution in [0.1, 0.15) is 24.8 Å². The van der Waals surface area contributed by atoms with Crippen molar-refractivity contribution in [1.29, 1.82) is 5.26 Å². The van der Waals surface area contributed by atoms with Crippen molar-refractivity contribution in [2.45, 2.75) is 19.3 Å². The topological polar surface area (TPSA) is 83.8 Å². The van der Waals surface area contributed by atoms with Gasteiger partial charge in [-0.3, -0.25) is 4.57 Å². The number of hydrogen-bond donors (Lipinski definition) is 1. The van der Waals surface area contributed by atoms with Gasteiger partial charge < -0.3 is 10.6 Å². The summed E-state index contributed by atoms with van der Waals surface area (Å²) in [5, 5.41) is 9.65. The van der Waals surface area contributed by atoms with Crippen molar-refractivity contribution < 1.29 is 0 Å². The van der Waals surface area contributed by atoms with E-state index in [-0.39, 0.29) is 0 Å². The summed E-state index contributed by atoms with van der Waals surface area (Å²) in [6.07, 6.45) is 3.79. The van der Waals surface area contributed by atoms with E-state index in [0.29, 0.717) is 22.5 Å². The highest BCUT2D eigenvalue weighted by Crippen LogP contribution is 2.31. The fraction of sp³-hybridized carbons (Fsp3) is 0.227. The predicted molar refractivity (Wildman–Crippen MR) is 112 cm³/mol. The maximum Gasteiger partial charge on any atom is 0.167 e. The smallest absolute Gasteiger partial charge is 0.167 e. The lowest BCUT2D eigenvalue weighted by Gasteiger charge is -2.28. The highest BCUT2D eigenvalue weighted by Gasteiger charge is 2.20. The SMILES string of the molecule is N#Cc1c(N)n(-c2ccc(N3CCCCC3)cc2)c2nc3ccccc3nc12. The number of nitrogens with zero attached hydrogens (tertiary/aromatic N) is 5. The third kappa shape index (κ3) is 2.55. The van der Waals surface area contributed by atoms with Gasteiger partial charge in [0.2, 0.25) is 0 Å². The lowest BCUT2D eigenvalue weighted by atomic mass is 10.1. The predicted octanol–water partition coefficient (Wildman–Crippen LogP) is 4.02. The van der Waals surface area contributed by atoms with Gasteiger partial charge in [0.1, 0.15) is 23.0 Å². The van der Waals surface area contributed by atoms with Crippen LogP contribution in [0.25, 0.3) is 27.9 Å². The molecule has 1 aliphatic heterocycles. The molecule has 0 atom stereocenters. The molecular weight excluding hydrogens is 348 g/mol. The maximum absolute atomic E-state index is 9.65. The minimum absolute atomic E-state index is 0.369. The first-order valence-electron chi connectivity index (χ1n) is 9.58. The number of fused-ring (bicyclic) bond motifs is 2. The molecule has 1 aliphatic rings. The molecule has 2 N–H and O–H groups in total. The lowest BCUT2D eigenvalue weighted by molar-refractivity contribution is 0.578. The van der Waals surface area contributed by atoms with Crippen molar-refractivity contribution >= 4 is 33.7 Å². The Bertz CT molecular complexity index is 1210. The average Bonchev–Trinajstić information content (AvgIpc) is 3.03. The van der Waals surface area contributed by atoms with Crippen molar-refractivity contribution in [3.05, 3.63) is 54.1 Å². The van der Waals surface area contributed by atoms with Crippen molar-refractivity contribution in [3.63, 3.8) is 0 Å². The summed E-state index contributed by atoms with van der Waals surface area (Å²) in [4.78, 5) is 11.8. The van der Waals surface area contributed by atoms with Crippen molar-refractivity contribution in [2.24, 2.45) is 0 Å². The summed E-state index contributed by atoms with van der Waals surface area (Å²) in [5.74, 6) is 0.374. The molecule has 138 valence electrons. The van der Waals surface area contributed by atoms with Crippen LogP contribution in [0.3, 0.4) is 0 Å². The van der Waals surface area contributed by atoms with E-state index in [9.17, 15) is 5.26 Å². The Hall–Kier alpha value is -3.59. The van der Waals surface area contributed by atoms with Gasteiger partial charge in [0.25, 0.3) is 0 Å². The van der Waals surface area contributed by atoms with Crippen LogP contribution in [0.5, 0.6) is 0 Å². The number of rotatable bonds is 2. The Labute approximate surface area is 162 Å². The number of benzene rings is 2. The van der Waals surface area contributed by atoms with E-state index in [1.165, 1.54) is 24.9 Å². The van der Waals surface area contributed by atoms with Crippen LogP contribution in [0, 0.1) is 11.3 Å². The Kier molecular flexibility index (Phi) is 3.87. The zero-order valence-corrected chi connectivity index (χ0v) is 15.5. The van der Waals surface area contributed by atoms with Gasteiger partial charge in [0.15, 0.2) is 5.65 Å². The number of aromatic nitrogens is 3. The number of nitriles is 1. The fourth-order valence-corrected chi connectivity index (χ4v) is 4.00. The molecule has 3 heterocycles. The van der Waals surface area contributed by atoms with E-state index in [4.69, 9.17) is 10.7 Å². The van der Waals surface area contributed by atoms with Crippen LogP contribution in [0.15, 0.2) is 48.5 Å². The molecule has 0 saturated carbocycles. The first-order chi connectivity index (χ1) is 13.8. The zero-order valence-electron chi connectivity index (χ0n) is 15.5. The number of nitrogens with two attached hydrogens (primary N) is 1. The molecule has 2 aromatic carbocycles. The van der Waals surface area contributed by atoms with Crippen LogP contribution in [0.4, 0.5) is 11.5 Å². The van der Waals surface area contributed by atoms with Crippen LogP contribution in [-0.4, -0.2) is 27.6 Å². The molecule has 0 amide bonds. The Morgan fingerprint density at radius 3 is 2.18 bits per heavy atom. The van der Waals surface area contributed by atoms with E-state index >= 15 is 0 Å². The van der Waals surface area contributed by atoms with Crippen molar-refractivity contribution in [3.8, 4) is 11.8 Å². The largest absolute Gasteiger partial charge is 0.384 e. The molecule has 4 aromatic rings. The molecular formula is C22H20N6. The molecule has 0 aliphatic carbocycles. The summed E-state index contributed by atoms with van der Waals surface area (Å²) in [6, 6.07) is 18.2. The molecule has 6 nitrogen and oxygen atoms in total. The number of para-hydroxylation sites is 2. The summed E-state index contributed by atoms with van der Waals surface area (Å²) in [7, 11) is 0. The van der Waals surface area contributed by atoms with Gasteiger partial charge in [0.05, 0.1) is 11.0 Å². The molecule has 0 radical (unpaired) electrons. The third-order valence-electron chi connectivity index (χ3n) is 5.44. The molecule has 6 heteroatoms. The number of piperidine rings is 1. The van der Waals surface area contributed by atoms with Gasteiger partial charge in [-0.15, -0.1) is 0 Å². The number of hydrogen-bond acceptors (Lipinski definition) is 5. The fourth-order valence-electron chi connectivity index (χ4n) is 4.00. The van der Waals surface area contributed by atoms with Gasteiger partial charge in [0, 0.05) is 24.5 Å². The van der Waals surface area contributed by atoms with E-state index in [1.54, 1.807) is 0 Å². The molecule has 0 bridgehead atoms. The van der Waals surface area contributed by atoms with Gasteiger partial charge in [-0.25, -0.2) is 9.97 Å². The molecule has 2 aromatic heterocycles. The second-order valence-electron chi connectivity index (χ2n) is 7.16. The quantitative estimate of drug-likeness (QED) is 0.578. The maximum atomic E-state index is 9.65. The molecule has 28 heavy (non-hydrogen) atoms. The summed E-state index contributed by atoms with van der Waals surface area (Å²) in [5.41, 5.74) is 11.5. The van der Waals surface area contributed by atoms with E-state index in [0.717, 1.165) is 29.8 Å². The van der Waals surface area contributed by atoms with Crippen molar-refractivity contribution in [1.82, 2.24) is 14.5 Å². The van der Waals surface area contributed by atoms with Gasteiger partial charge in [-0.1, -0.05) is 12.1 Å². The Morgan fingerprint density at radius 1 is 0.857 bits per heavy atom. The monoisotopic (exact) mass is 368 g/mol. The van der Waals surface area contributed by atoms with Gasteiger partial charge in [-0.05, 0) is 55.7 Å². The molecule has 0 unspecified atom stereocenters. The minimum Gasteiger partial charge on any atom is -0.384 e. The zero-order chi connectivity index (χ0) is 19.1. The summed E-state index contributed by atoms with van der Waals surface area (Å²) < 4.78 is 1.83. The molecule has 5 rings (SSSR count). The van der Waals surface area contributed by atoms with E-state index in [1.807, 2.05) is 41.0 Å². The first-order valence-corrected chi connectivity index (χ1v) is 9.58. The minimum atomic E-state index is 0.369. The summed E-state index contributed by atoms with van der Waals surface area (Å²) in [6.45, 7) is 2.20. The third-order valence-corrected chi connectivity index (χ3v) is 5.44. The van der Waals surface area contributed by atoms with Gasteiger partial charge >= 0.3 is 0 Å². The standard InChI is InChI=1S/C22H20N6/c23-14-17-20-22(26-19-7-3-2-6-18(19)25-20)28(21(17)24)16-10-8-15(9-11-16)27-12-4-1-5-13-27/h2-3,6-11H,1,4-5,12-13,24H2. The highest BCUT2D eigenvalue weighted by molar-refractivity contribution is 5.93.